The fraction of sp³-hybridized carbons (Fsp3) is 0.800. The monoisotopic (exact) mass is 199 g/mol. The molecular formula is C10H17NO3. The Balaban J connectivity index is 2.72. The minimum Gasteiger partial charge on any atom is -0.450 e. The van der Waals surface area contributed by atoms with E-state index in [1.807, 2.05) is 27.7 Å². The van der Waals surface area contributed by atoms with E-state index in [0.717, 1.165) is 0 Å². The molecule has 0 spiro atoms. The number of esters is 1. The van der Waals surface area contributed by atoms with E-state index in [1.54, 1.807) is 0 Å². The molecule has 2 atom stereocenters. The summed E-state index contributed by atoms with van der Waals surface area (Å²) in [4.78, 5) is 23.0. The molecule has 80 valence electrons. The topological polar surface area (TPSA) is 55.4 Å². The SMILES string of the molecule is CC(C)C1NC(=O)C(C(C)C)OC1=O. The van der Waals surface area contributed by atoms with Crippen molar-refractivity contribution in [1.29, 1.82) is 0 Å². The number of hydrogen-bond donors (Lipinski definition) is 1. The maximum atomic E-state index is 11.5. The minimum atomic E-state index is -0.627. The summed E-state index contributed by atoms with van der Waals surface area (Å²) in [6.07, 6.45) is -0.627. The van der Waals surface area contributed by atoms with Crippen molar-refractivity contribution in [2.45, 2.75) is 39.8 Å². The minimum absolute atomic E-state index is 0.0204. The van der Waals surface area contributed by atoms with Gasteiger partial charge in [-0.25, -0.2) is 4.79 Å². The average Bonchev–Trinajstić information content (AvgIpc) is 2.07. The van der Waals surface area contributed by atoms with E-state index >= 15 is 0 Å². The number of hydrogen-bond acceptors (Lipinski definition) is 3. The van der Waals surface area contributed by atoms with Gasteiger partial charge in [-0.2, -0.15) is 0 Å². The van der Waals surface area contributed by atoms with Crippen LogP contribution in [0.3, 0.4) is 0 Å². The summed E-state index contributed by atoms with van der Waals surface area (Å²) in [7, 11) is 0. The molecule has 1 aliphatic heterocycles. The maximum absolute atomic E-state index is 11.5. The molecule has 1 saturated heterocycles. The van der Waals surface area contributed by atoms with Gasteiger partial charge in [-0.05, 0) is 11.8 Å². The van der Waals surface area contributed by atoms with E-state index in [1.165, 1.54) is 0 Å². The molecule has 0 aromatic rings. The molecular weight excluding hydrogens is 182 g/mol. The Hall–Kier alpha value is -1.06. The van der Waals surface area contributed by atoms with Gasteiger partial charge in [-0.15, -0.1) is 0 Å². The summed E-state index contributed by atoms with van der Waals surface area (Å²) < 4.78 is 5.08. The van der Waals surface area contributed by atoms with Gasteiger partial charge in [0.25, 0.3) is 5.91 Å². The lowest BCUT2D eigenvalue weighted by atomic mass is 9.99. The Labute approximate surface area is 84.0 Å². The number of morpholine rings is 1. The number of cyclic esters (lactones) is 1. The van der Waals surface area contributed by atoms with Crippen LogP contribution in [0.4, 0.5) is 0 Å². The molecule has 1 fully saturated rings. The summed E-state index contributed by atoms with van der Waals surface area (Å²) in [5, 5.41) is 2.68. The second-order valence-electron chi connectivity index (χ2n) is 4.33. The summed E-state index contributed by atoms with van der Waals surface area (Å²) in [6.45, 7) is 7.46. The fourth-order valence-electron chi connectivity index (χ4n) is 1.42. The van der Waals surface area contributed by atoms with Gasteiger partial charge in [0.05, 0.1) is 0 Å². The van der Waals surface area contributed by atoms with Crippen molar-refractivity contribution < 1.29 is 14.3 Å². The average molecular weight is 199 g/mol. The molecule has 0 radical (unpaired) electrons. The van der Waals surface area contributed by atoms with Crippen LogP contribution in [-0.4, -0.2) is 24.0 Å². The van der Waals surface area contributed by atoms with Gasteiger partial charge in [-0.3, -0.25) is 4.79 Å². The predicted molar refractivity (Wildman–Crippen MR) is 51.5 cm³/mol. The van der Waals surface area contributed by atoms with Crippen LogP contribution in [0.25, 0.3) is 0 Å². The number of rotatable bonds is 2. The Bertz CT molecular complexity index is 222. The van der Waals surface area contributed by atoms with Crippen LogP contribution in [0, 0.1) is 11.8 Å². The van der Waals surface area contributed by atoms with Crippen molar-refractivity contribution >= 4 is 11.9 Å². The zero-order valence-electron chi connectivity index (χ0n) is 9.03. The van der Waals surface area contributed by atoms with Crippen LogP contribution < -0.4 is 5.32 Å². The second-order valence-corrected chi connectivity index (χ2v) is 4.33. The van der Waals surface area contributed by atoms with Crippen molar-refractivity contribution in [1.82, 2.24) is 5.32 Å². The molecule has 1 amide bonds. The Kier molecular flexibility index (Phi) is 3.13. The molecule has 14 heavy (non-hydrogen) atoms. The Morgan fingerprint density at radius 1 is 1.14 bits per heavy atom. The number of amides is 1. The first-order valence-corrected chi connectivity index (χ1v) is 4.94. The van der Waals surface area contributed by atoms with Gasteiger partial charge in [0.15, 0.2) is 6.10 Å². The smallest absolute Gasteiger partial charge is 0.329 e. The normalized spacial score (nSPS) is 27.9. The third-order valence-corrected chi connectivity index (χ3v) is 2.33. The van der Waals surface area contributed by atoms with Gasteiger partial charge in [0.1, 0.15) is 6.04 Å². The molecule has 4 nitrogen and oxygen atoms in total. The quantitative estimate of drug-likeness (QED) is 0.666. The number of nitrogens with one attached hydrogen (secondary N) is 1. The first kappa shape index (κ1) is 11.0. The summed E-state index contributed by atoms with van der Waals surface area (Å²) >= 11 is 0. The molecule has 0 aromatic carbocycles. The molecule has 1 heterocycles. The van der Waals surface area contributed by atoms with Crippen molar-refractivity contribution in [2.24, 2.45) is 11.8 Å². The highest BCUT2D eigenvalue weighted by atomic mass is 16.6. The largest absolute Gasteiger partial charge is 0.450 e. The zero-order chi connectivity index (χ0) is 10.9. The van der Waals surface area contributed by atoms with E-state index < -0.39 is 12.1 Å². The third kappa shape index (κ3) is 2.05. The molecule has 1 rings (SSSR count). The third-order valence-electron chi connectivity index (χ3n) is 2.33. The lowest BCUT2D eigenvalue weighted by Gasteiger charge is -2.32. The van der Waals surface area contributed by atoms with Gasteiger partial charge < -0.3 is 10.1 Å². The zero-order valence-corrected chi connectivity index (χ0v) is 9.03. The van der Waals surface area contributed by atoms with Crippen LogP contribution in [-0.2, 0) is 14.3 Å². The van der Waals surface area contributed by atoms with Crippen LogP contribution in [0.1, 0.15) is 27.7 Å². The van der Waals surface area contributed by atoms with E-state index in [9.17, 15) is 9.59 Å². The summed E-state index contributed by atoms with van der Waals surface area (Å²) in [5.41, 5.74) is 0. The molecule has 0 aliphatic carbocycles. The van der Waals surface area contributed by atoms with Crippen molar-refractivity contribution in [2.75, 3.05) is 0 Å². The van der Waals surface area contributed by atoms with Gasteiger partial charge >= 0.3 is 5.97 Å². The molecule has 4 heteroatoms. The molecule has 0 saturated carbocycles. The molecule has 0 bridgehead atoms. The van der Waals surface area contributed by atoms with Crippen LogP contribution in [0.2, 0.25) is 0 Å². The van der Waals surface area contributed by atoms with Crippen molar-refractivity contribution in [3.05, 3.63) is 0 Å². The highest BCUT2D eigenvalue weighted by Gasteiger charge is 2.38. The number of carbonyl (C=O) groups excluding carboxylic acids is 2. The predicted octanol–water partition coefficient (Wildman–Crippen LogP) is 0.709. The first-order chi connectivity index (χ1) is 6.43. The summed E-state index contributed by atoms with van der Waals surface area (Å²) in [5.74, 6) is -0.414. The number of carbonyl (C=O) groups is 2. The molecule has 0 aromatic heterocycles. The van der Waals surface area contributed by atoms with Crippen LogP contribution in [0.15, 0.2) is 0 Å². The highest BCUT2D eigenvalue weighted by molar-refractivity contribution is 5.92. The van der Waals surface area contributed by atoms with Crippen LogP contribution in [0.5, 0.6) is 0 Å². The first-order valence-electron chi connectivity index (χ1n) is 4.94. The lowest BCUT2D eigenvalue weighted by Crippen LogP contribution is -2.57. The van der Waals surface area contributed by atoms with Gasteiger partial charge in [0.2, 0.25) is 0 Å². The summed E-state index contributed by atoms with van der Waals surface area (Å²) in [6, 6.07) is -0.488. The Morgan fingerprint density at radius 2 is 1.71 bits per heavy atom. The van der Waals surface area contributed by atoms with Crippen molar-refractivity contribution in [3.63, 3.8) is 0 Å². The molecule has 1 aliphatic rings. The van der Waals surface area contributed by atoms with E-state index in [4.69, 9.17) is 4.74 Å². The fourth-order valence-corrected chi connectivity index (χ4v) is 1.42. The highest BCUT2D eigenvalue weighted by Crippen LogP contribution is 2.16. The maximum Gasteiger partial charge on any atom is 0.329 e. The molecule has 1 N–H and O–H groups in total. The number of ether oxygens (including phenoxy) is 1. The van der Waals surface area contributed by atoms with Gasteiger partial charge in [-0.1, -0.05) is 27.7 Å². The standard InChI is InChI=1S/C10H17NO3/c1-5(2)7-10(13)14-8(6(3)4)9(12)11-7/h5-8H,1-4H3,(H,11,12). The van der Waals surface area contributed by atoms with Crippen molar-refractivity contribution in [3.8, 4) is 0 Å². The second kappa shape index (κ2) is 3.98. The van der Waals surface area contributed by atoms with Crippen LogP contribution >= 0.6 is 0 Å². The van der Waals surface area contributed by atoms with E-state index in [-0.39, 0.29) is 23.7 Å². The Morgan fingerprint density at radius 3 is 2.14 bits per heavy atom. The molecule has 2 unspecified atom stereocenters. The van der Waals surface area contributed by atoms with E-state index in [0.29, 0.717) is 0 Å². The van der Waals surface area contributed by atoms with E-state index in [2.05, 4.69) is 5.32 Å². The lowest BCUT2D eigenvalue weighted by molar-refractivity contribution is -0.169. The van der Waals surface area contributed by atoms with Gasteiger partial charge in [0, 0.05) is 0 Å².